The fourth-order valence-corrected chi connectivity index (χ4v) is 3.18. The highest BCUT2D eigenvalue weighted by Gasteiger charge is 2.48. The highest BCUT2D eigenvalue weighted by atomic mass is 16.5. The summed E-state index contributed by atoms with van der Waals surface area (Å²) in [6.45, 7) is 6.66. The number of para-hydroxylation sites is 1. The monoisotopic (exact) mass is 275 g/mol. The number of carbonyl (C=O) groups excluding carboxylic acids is 1. The zero-order valence-electron chi connectivity index (χ0n) is 12.7. The highest BCUT2D eigenvalue weighted by molar-refractivity contribution is 5.85. The van der Waals surface area contributed by atoms with Crippen molar-refractivity contribution in [3.63, 3.8) is 0 Å². The third-order valence-electron chi connectivity index (χ3n) is 4.39. The molecule has 1 aliphatic rings. The lowest BCUT2D eigenvalue weighted by Gasteiger charge is -2.44. The average Bonchev–Trinajstić information content (AvgIpc) is 2.44. The number of hydrogen-bond donors (Lipinski definition) is 1. The summed E-state index contributed by atoms with van der Waals surface area (Å²) in [5.74, 6) is 0.702. The van der Waals surface area contributed by atoms with Gasteiger partial charge >= 0.3 is 5.97 Å². The number of ether oxygens (including phenoxy) is 1. The van der Waals surface area contributed by atoms with Crippen molar-refractivity contribution in [2.75, 3.05) is 11.9 Å². The Kier molecular flexibility index (Phi) is 4.69. The molecule has 1 fully saturated rings. The van der Waals surface area contributed by atoms with Crippen LogP contribution in [0.3, 0.4) is 0 Å². The lowest BCUT2D eigenvalue weighted by molar-refractivity contribution is -0.152. The summed E-state index contributed by atoms with van der Waals surface area (Å²) < 4.78 is 5.37. The van der Waals surface area contributed by atoms with Crippen molar-refractivity contribution in [3.8, 4) is 0 Å². The maximum absolute atomic E-state index is 12.6. The average molecular weight is 275 g/mol. The number of esters is 1. The predicted octanol–water partition coefficient (Wildman–Crippen LogP) is 3.86. The molecule has 0 aliphatic heterocycles. The topological polar surface area (TPSA) is 38.3 Å². The Labute approximate surface area is 121 Å². The molecule has 0 amide bonds. The van der Waals surface area contributed by atoms with Crippen molar-refractivity contribution in [1.82, 2.24) is 0 Å². The molecule has 110 valence electrons. The lowest BCUT2D eigenvalue weighted by atomic mass is 9.69. The van der Waals surface area contributed by atoms with E-state index in [1.165, 1.54) is 6.42 Å². The number of anilines is 1. The Morgan fingerprint density at radius 2 is 2.00 bits per heavy atom. The van der Waals surface area contributed by atoms with Gasteiger partial charge in [-0.2, -0.15) is 0 Å². The van der Waals surface area contributed by atoms with E-state index < -0.39 is 5.54 Å². The van der Waals surface area contributed by atoms with E-state index in [1.54, 1.807) is 0 Å². The molecule has 0 saturated heterocycles. The number of hydrogen-bond acceptors (Lipinski definition) is 3. The molecule has 1 aromatic carbocycles. The van der Waals surface area contributed by atoms with Crippen LogP contribution in [0.4, 0.5) is 5.69 Å². The molecule has 20 heavy (non-hydrogen) atoms. The van der Waals surface area contributed by atoms with Crippen molar-refractivity contribution in [3.05, 3.63) is 30.3 Å². The van der Waals surface area contributed by atoms with E-state index >= 15 is 0 Å². The van der Waals surface area contributed by atoms with Gasteiger partial charge in [0.15, 0.2) is 0 Å². The van der Waals surface area contributed by atoms with E-state index in [9.17, 15) is 4.79 Å². The molecular weight excluding hydrogens is 250 g/mol. The molecule has 1 saturated carbocycles. The van der Waals surface area contributed by atoms with Crippen LogP contribution in [0.25, 0.3) is 0 Å². The fraction of sp³-hybridized carbons (Fsp3) is 0.588. The zero-order chi connectivity index (χ0) is 14.6. The second-order valence-electron chi connectivity index (χ2n) is 5.97. The third kappa shape index (κ3) is 2.97. The van der Waals surface area contributed by atoms with Crippen molar-refractivity contribution in [1.29, 1.82) is 0 Å². The Bertz CT molecular complexity index is 446. The minimum absolute atomic E-state index is 0.108. The van der Waals surface area contributed by atoms with Gasteiger partial charge in [0.2, 0.25) is 0 Å². The Morgan fingerprint density at radius 3 is 2.65 bits per heavy atom. The van der Waals surface area contributed by atoms with Crippen molar-refractivity contribution >= 4 is 11.7 Å². The van der Waals surface area contributed by atoms with Gasteiger partial charge in [-0.05, 0) is 43.7 Å². The van der Waals surface area contributed by atoms with Crippen LogP contribution in [0.1, 0.15) is 40.0 Å². The van der Waals surface area contributed by atoms with E-state index in [2.05, 4.69) is 19.2 Å². The van der Waals surface area contributed by atoms with Crippen LogP contribution in [0.2, 0.25) is 0 Å². The number of carbonyl (C=O) groups is 1. The first-order valence-electron chi connectivity index (χ1n) is 7.59. The molecule has 0 radical (unpaired) electrons. The molecule has 3 atom stereocenters. The largest absolute Gasteiger partial charge is 0.464 e. The number of benzene rings is 1. The van der Waals surface area contributed by atoms with Gasteiger partial charge < -0.3 is 10.1 Å². The van der Waals surface area contributed by atoms with Gasteiger partial charge in [0.1, 0.15) is 5.54 Å². The maximum atomic E-state index is 12.6. The van der Waals surface area contributed by atoms with Gasteiger partial charge in [-0.1, -0.05) is 38.5 Å². The molecule has 0 heterocycles. The molecule has 0 aromatic heterocycles. The van der Waals surface area contributed by atoms with E-state index in [-0.39, 0.29) is 11.9 Å². The normalized spacial score (nSPS) is 29.8. The molecule has 1 aliphatic carbocycles. The molecule has 1 N–H and O–H groups in total. The van der Waals surface area contributed by atoms with Crippen LogP contribution < -0.4 is 5.32 Å². The molecule has 3 heteroatoms. The number of nitrogens with one attached hydrogen (secondary N) is 1. The summed E-state index contributed by atoms with van der Waals surface area (Å²) in [5.41, 5.74) is 0.399. The van der Waals surface area contributed by atoms with Crippen LogP contribution >= 0.6 is 0 Å². The second-order valence-corrected chi connectivity index (χ2v) is 5.97. The highest BCUT2D eigenvalue weighted by Crippen LogP contribution is 2.40. The first kappa shape index (κ1) is 14.9. The first-order valence-corrected chi connectivity index (χ1v) is 7.59. The van der Waals surface area contributed by atoms with Crippen LogP contribution in [0, 0.1) is 11.8 Å². The molecule has 1 aromatic rings. The van der Waals surface area contributed by atoms with Crippen molar-refractivity contribution in [2.24, 2.45) is 11.8 Å². The maximum Gasteiger partial charge on any atom is 0.332 e. The number of rotatable bonds is 4. The minimum atomic E-state index is -0.588. The second kappa shape index (κ2) is 6.29. The summed E-state index contributed by atoms with van der Waals surface area (Å²) in [6.07, 6.45) is 3.07. The molecule has 0 spiro atoms. The quantitative estimate of drug-likeness (QED) is 0.848. The van der Waals surface area contributed by atoms with Gasteiger partial charge in [-0.3, -0.25) is 0 Å². The van der Waals surface area contributed by atoms with Crippen LogP contribution in [-0.2, 0) is 9.53 Å². The van der Waals surface area contributed by atoms with Crippen molar-refractivity contribution < 1.29 is 9.53 Å². The standard InChI is InChI=1S/C17H25NO2/c1-4-20-16(19)17(12-13(2)10-11-14(17)3)18-15-8-6-5-7-9-15/h5-9,13-14,18H,4,10-12H2,1-3H3. The van der Waals surface area contributed by atoms with Crippen LogP contribution in [0.5, 0.6) is 0 Å². The third-order valence-corrected chi connectivity index (χ3v) is 4.39. The van der Waals surface area contributed by atoms with Gasteiger partial charge in [0.05, 0.1) is 6.61 Å². The van der Waals surface area contributed by atoms with E-state index in [0.29, 0.717) is 12.5 Å². The summed E-state index contributed by atoms with van der Waals surface area (Å²) in [5, 5.41) is 3.48. The van der Waals surface area contributed by atoms with Gasteiger partial charge in [-0.25, -0.2) is 4.79 Å². The van der Waals surface area contributed by atoms with E-state index in [1.807, 2.05) is 37.3 Å². The Balaban J connectivity index is 2.30. The first-order chi connectivity index (χ1) is 9.58. The SMILES string of the molecule is CCOC(=O)C1(Nc2ccccc2)CC(C)CCC1C. The Morgan fingerprint density at radius 1 is 1.30 bits per heavy atom. The smallest absolute Gasteiger partial charge is 0.332 e. The Hall–Kier alpha value is -1.51. The van der Waals surface area contributed by atoms with E-state index in [4.69, 9.17) is 4.74 Å². The summed E-state index contributed by atoms with van der Waals surface area (Å²) in [7, 11) is 0. The summed E-state index contributed by atoms with van der Waals surface area (Å²) in [4.78, 5) is 12.6. The fourth-order valence-electron chi connectivity index (χ4n) is 3.18. The molecule has 3 unspecified atom stereocenters. The van der Waals surface area contributed by atoms with Gasteiger partial charge in [0, 0.05) is 5.69 Å². The van der Waals surface area contributed by atoms with E-state index in [0.717, 1.165) is 18.5 Å². The minimum Gasteiger partial charge on any atom is -0.464 e. The molecule has 2 rings (SSSR count). The molecule has 0 bridgehead atoms. The lowest BCUT2D eigenvalue weighted by Crippen LogP contribution is -2.55. The summed E-state index contributed by atoms with van der Waals surface area (Å²) >= 11 is 0. The van der Waals surface area contributed by atoms with Crippen molar-refractivity contribution in [2.45, 2.75) is 45.6 Å². The van der Waals surface area contributed by atoms with Gasteiger partial charge in [0.25, 0.3) is 0 Å². The molecular formula is C17H25NO2. The van der Waals surface area contributed by atoms with Crippen LogP contribution in [-0.4, -0.2) is 18.1 Å². The molecule has 3 nitrogen and oxygen atoms in total. The zero-order valence-corrected chi connectivity index (χ0v) is 12.7. The summed E-state index contributed by atoms with van der Waals surface area (Å²) in [6, 6.07) is 9.96. The predicted molar refractivity (Wildman–Crippen MR) is 81.6 cm³/mol. The van der Waals surface area contributed by atoms with Gasteiger partial charge in [-0.15, -0.1) is 0 Å². The van der Waals surface area contributed by atoms with Crippen LogP contribution in [0.15, 0.2) is 30.3 Å².